The maximum Gasteiger partial charge on any atom is 0.190 e. The molecule has 2 N–H and O–H groups in total. The van der Waals surface area contributed by atoms with Crippen LogP contribution in [0.15, 0.2) is 29.3 Å². The SMILES string of the molecule is CCN(CC)CCCNC(=NC)NCCc1ccccc1Cl.I. The van der Waals surface area contributed by atoms with Crippen LogP contribution in [0.25, 0.3) is 0 Å². The fourth-order valence-electron chi connectivity index (χ4n) is 2.29. The quantitative estimate of drug-likeness (QED) is 0.261. The predicted octanol–water partition coefficient (Wildman–Crippen LogP) is 3.40. The standard InChI is InChI=1S/C17H29ClN4.HI/c1-4-22(5-2)14-8-12-20-17(19-3)21-13-11-15-9-6-7-10-16(15)18;/h6-7,9-10H,4-5,8,11-14H2,1-3H3,(H2,19,20,21);1H. The molecule has 0 fully saturated rings. The zero-order valence-electron chi connectivity index (χ0n) is 14.4. The summed E-state index contributed by atoms with van der Waals surface area (Å²) in [5.74, 6) is 0.853. The van der Waals surface area contributed by atoms with Gasteiger partial charge in [-0.1, -0.05) is 43.6 Å². The number of aliphatic imine (C=N–C) groups is 1. The topological polar surface area (TPSA) is 39.7 Å². The third kappa shape index (κ3) is 9.37. The lowest BCUT2D eigenvalue weighted by atomic mass is 10.1. The maximum absolute atomic E-state index is 6.15. The van der Waals surface area contributed by atoms with E-state index in [1.165, 1.54) is 0 Å². The summed E-state index contributed by atoms with van der Waals surface area (Å²) in [4.78, 5) is 6.67. The lowest BCUT2D eigenvalue weighted by Gasteiger charge is -2.18. The average molecular weight is 453 g/mol. The first-order valence-electron chi connectivity index (χ1n) is 8.11. The van der Waals surface area contributed by atoms with Crippen LogP contribution in [0.5, 0.6) is 0 Å². The number of hydrogen-bond acceptors (Lipinski definition) is 2. The minimum Gasteiger partial charge on any atom is -0.356 e. The minimum absolute atomic E-state index is 0. The highest BCUT2D eigenvalue weighted by molar-refractivity contribution is 14.0. The first-order chi connectivity index (χ1) is 10.7. The summed E-state index contributed by atoms with van der Waals surface area (Å²) in [6.45, 7) is 9.50. The van der Waals surface area contributed by atoms with Crippen LogP contribution in [0, 0.1) is 0 Å². The summed E-state index contributed by atoms with van der Waals surface area (Å²) >= 11 is 6.15. The second-order valence-corrected chi connectivity index (χ2v) is 5.55. The first-order valence-corrected chi connectivity index (χ1v) is 8.49. The van der Waals surface area contributed by atoms with Crippen LogP contribution in [-0.2, 0) is 6.42 Å². The number of rotatable bonds is 9. The van der Waals surface area contributed by atoms with Gasteiger partial charge in [0.1, 0.15) is 0 Å². The van der Waals surface area contributed by atoms with Crippen molar-refractivity contribution < 1.29 is 0 Å². The Morgan fingerprint density at radius 3 is 2.39 bits per heavy atom. The molecule has 0 heterocycles. The third-order valence-corrected chi connectivity index (χ3v) is 4.07. The number of hydrogen-bond donors (Lipinski definition) is 2. The van der Waals surface area contributed by atoms with Crippen molar-refractivity contribution in [3.63, 3.8) is 0 Å². The van der Waals surface area contributed by atoms with E-state index < -0.39 is 0 Å². The molecule has 0 bridgehead atoms. The van der Waals surface area contributed by atoms with E-state index in [0.29, 0.717) is 0 Å². The lowest BCUT2D eigenvalue weighted by Crippen LogP contribution is -2.39. The highest BCUT2D eigenvalue weighted by atomic mass is 127. The van der Waals surface area contributed by atoms with Crippen molar-refractivity contribution >= 4 is 41.5 Å². The van der Waals surface area contributed by atoms with Gasteiger partial charge >= 0.3 is 0 Å². The Labute approximate surface area is 163 Å². The van der Waals surface area contributed by atoms with E-state index >= 15 is 0 Å². The van der Waals surface area contributed by atoms with Gasteiger partial charge in [-0.15, -0.1) is 24.0 Å². The average Bonchev–Trinajstić information content (AvgIpc) is 2.55. The van der Waals surface area contributed by atoms with Crippen LogP contribution in [0.2, 0.25) is 5.02 Å². The van der Waals surface area contributed by atoms with Gasteiger partial charge in [0, 0.05) is 25.2 Å². The smallest absolute Gasteiger partial charge is 0.190 e. The summed E-state index contributed by atoms with van der Waals surface area (Å²) in [6, 6.07) is 7.96. The predicted molar refractivity (Wildman–Crippen MR) is 112 cm³/mol. The van der Waals surface area contributed by atoms with Crippen molar-refractivity contribution in [3.05, 3.63) is 34.9 Å². The second kappa shape index (κ2) is 13.9. The Morgan fingerprint density at radius 1 is 1.13 bits per heavy atom. The zero-order chi connectivity index (χ0) is 16.2. The molecule has 6 heteroatoms. The molecule has 23 heavy (non-hydrogen) atoms. The Hall–Kier alpha value is -0.530. The van der Waals surface area contributed by atoms with Crippen LogP contribution in [0.1, 0.15) is 25.8 Å². The highest BCUT2D eigenvalue weighted by Crippen LogP contribution is 2.14. The molecule has 0 aliphatic rings. The van der Waals surface area contributed by atoms with E-state index in [1.807, 2.05) is 18.2 Å². The Morgan fingerprint density at radius 2 is 1.78 bits per heavy atom. The van der Waals surface area contributed by atoms with Gasteiger partial charge in [-0.3, -0.25) is 4.99 Å². The summed E-state index contributed by atoms with van der Waals surface area (Å²) in [5, 5.41) is 7.51. The monoisotopic (exact) mass is 452 g/mol. The van der Waals surface area contributed by atoms with Gasteiger partial charge in [-0.05, 0) is 44.1 Å². The molecule has 132 valence electrons. The Bertz CT molecular complexity index is 450. The number of nitrogens with zero attached hydrogens (tertiary/aromatic N) is 2. The second-order valence-electron chi connectivity index (χ2n) is 5.15. The van der Waals surface area contributed by atoms with E-state index in [1.54, 1.807) is 7.05 Å². The van der Waals surface area contributed by atoms with Crippen molar-refractivity contribution in [3.8, 4) is 0 Å². The minimum atomic E-state index is 0. The van der Waals surface area contributed by atoms with E-state index in [2.05, 4.69) is 40.4 Å². The Kier molecular flexibility index (Phi) is 13.5. The van der Waals surface area contributed by atoms with Crippen LogP contribution >= 0.6 is 35.6 Å². The molecule has 0 aliphatic carbocycles. The lowest BCUT2D eigenvalue weighted by molar-refractivity contribution is 0.300. The number of guanidine groups is 1. The van der Waals surface area contributed by atoms with Crippen molar-refractivity contribution in [1.82, 2.24) is 15.5 Å². The van der Waals surface area contributed by atoms with Gasteiger partial charge in [0.25, 0.3) is 0 Å². The number of benzene rings is 1. The molecule has 0 spiro atoms. The normalized spacial score (nSPS) is 11.3. The first kappa shape index (κ1) is 22.5. The fraction of sp³-hybridized carbons (Fsp3) is 0.588. The largest absolute Gasteiger partial charge is 0.356 e. The molecule has 0 saturated carbocycles. The molecule has 1 aromatic carbocycles. The molecule has 0 atom stereocenters. The maximum atomic E-state index is 6.15. The summed E-state index contributed by atoms with van der Waals surface area (Å²) in [5.41, 5.74) is 1.16. The van der Waals surface area contributed by atoms with Crippen molar-refractivity contribution in [2.24, 2.45) is 4.99 Å². The number of halogens is 2. The molecular formula is C17H30ClIN4. The van der Waals surface area contributed by atoms with E-state index in [4.69, 9.17) is 11.6 Å². The van der Waals surface area contributed by atoms with Gasteiger partial charge < -0.3 is 15.5 Å². The van der Waals surface area contributed by atoms with Crippen molar-refractivity contribution in [2.45, 2.75) is 26.7 Å². The molecule has 1 aromatic rings. The van der Waals surface area contributed by atoms with Crippen molar-refractivity contribution in [2.75, 3.05) is 39.8 Å². The summed E-state index contributed by atoms with van der Waals surface area (Å²) in [6.07, 6.45) is 2.01. The van der Waals surface area contributed by atoms with Gasteiger partial charge in [0.15, 0.2) is 5.96 Å². The molecule has 0 saturated heterocycles. The van der Waals surface area contributed by atoms with Gasteiger partial charge in [-0.25, -0.2) is 0 Å². The fourth-order valence-corrected chi connectivity index (χ4v) is 2.52. The van der Waals surface area contributed by atoms with E-state index in [0.717, 1.165) is 62.1 Å². The third-order valence-electron chi connectivity index (χ3n) is 3.71. The molecule has 0 radical (unpaired) electrons. The highest BCUT2D eigenvalue weighted by Gasteiger charge is 2.02. The van der Waals surface area contributed by atoms with Crippen molar-refractivity contribution in [1.29, 1.82) is 0 Å². The molecule has 4 nitrogen and oxygen atoms in total. The number of nitrogens with one attached hydrogen (secondary N) is 2. The zero-order valence-corrected chi connectivity index (χ0v) is 17.5. The molecule has 0 unspecified atom stereocenters. The van der Waals surface area contributed by atoms with Crippen LogP contribution in [0.3, 0.4) is 0 Å². The van der Waals surface area contributed by atoms with Crippen LogP contribution < -0.4 is 10.6 Å². The molecular weight excluding hydrogens is 423 g/mol. The van der Waals surface area contributed by atoms with Gasteiger partial charge in [-0.2, -0.15) is 0 Å². The Balaban J connectivity index is 0.00000484. The van der Waals surface area contributed by atoms with E-state index in [9.17, 15) is 0 Å². The molecule has 0 amide bonds. The summed E-state index contributed by atoms with van der Waals surface area (Å²) < 4.78 is 0. The van der Waals surface area contributed by atoms with Gasteiger partial charge in [0.2, 0.25) is 0 Å². The molecule has 0 aromatic heterocycles. The molecule has 1 rings (SSSR count). The van der Waals surface area contributed by atoms with Crippen LogP contribution in [0.4, 0.5) is 0 Å². The van der Waals surface area contributed by atoms with Crippen LogP contribution in [-0.4, -0.2) is 50.6 Å². The van der Waals surface area contributed by atoms with Gasteiger partial charge in [0.05, 0.1) is 0 Å². The molecule has 0 aliphatic heterocycles. The van der Waals surface area contributed by atoms with E-state index in [-0.39, 0.29) is 24.0 Å². The summed E-state index contributed by atoms with van der Waals surface area (Å²) in [7, 11) is 1.80.